The van der Waals surface area contributed by atoms with Crippen molar-refractivity contribution in [3.63, 3.8) is 0 Å². The van der Waals surface area contributed by atoms with Crippen LogP contribution in [0.3, 0.4) is 0 Å². The van der Waals surface area contributed by atoms with Crippen molar-refractivity contribution in [1.29, 1.82) is 0 Å². The van der Waals surface area contributed by atoms with E-state index in [9.17, 15) is 13.2 Å². The molecule has 0 bridgehead atoms. The lowest BCUT2D eigenvalue weighted by atomic mass is 10.3. The highest BCUT2D eigenvalue weighted by molar-refractivity contribution is 5.75. The molecule has 0 amide bonds. The van der Waals surface area contributed by atoms with Crippen LogP contribution in [0, 0.1) is 0 Å². The molecule has 0 atom stereocenters. The summed E-state index contributed by atoms with van der Waals surface area (Å²) in [5, 5.41) is 11.3. The van der Waals surface area contributed by atoms with Gasteiger partial charge in [0.05, 0.1) is 30.7 Å². The smallest absolute Gasteiger partial charge is 0.395 e. The van der Waals surface area contributed by atoms with Gasteiger partial charge in [0.1, 0.15) is 5.82 Å². The summed E-state index contributed by atoms with van der Waals surface area (Å²) in [6.45, 7) is -0.834. The van der Waals surface area contributed by atoms with Gasteiger partial charge in [-0.2, -0.15) is 13.2 Å². The quantitative estimate of drug-likeness (QED) is 0.871. The number of benzene rings is 1. The normalized spacial score (nSPS) is 12.2. The fourth-order valence-corrected chi connectivity index (χ4v) is 1.93. The SMILES string of the molecule is OCCn1c(CNCC(F)(F)F)nc2ccccc21. The van der Waals surface area contributed by atoms with Crippen molar-refractivity contribution in [1.82, 2.24) is 14.9 Å². The van der Waals surface area contributed by atoms with Gasteiger partial charge in [-0.05, 0) is 12.1 Å². The van der Waals surface area contributed by atoms with Gasteiger partial charge in [-0.1, -0.05) is 12.1 Å². The van der Waals surface area contributed by atoms with E-state index >= 15 is 0 Å². The van der Waals surface area contributed by atoms with Gasteiger partial charge in [0.15, 0.2) is 0 Å². The maximum absolute atomic E-state index is 12.1. The minimum Gasteiger partial charge on any atom is -0.395 e. The Balaban J connectivity index is 2.19. The van der Waals surface area contributed by atoms with Crippen LogP contribution in [0.5, 0.6) is 0 Å². The zero-order valence-corrected chi connectivity index (χ0v) is 10.1. The maximum atomic E-state index is 12.1. The van der Waals surface area contributed by atoms with Gasteiger partial charge in [-0.25, -0.2) is 4.98 Å². The van der Waals surface area contributed by atoms with Crippen molar-refractivity contribution in [2.75, 3.05) is 13.2 Å². The third-order valence-corrected chi connectivity index (χ3v) is 2.67. The first-order valence-electron chi connectivity index (χ1n) is 5.84. The molecule has 0 radical (unpaired) electrons. The third kappa shape index (κ3) is 3.45. The van der Waals surface area contributed by atoms with E-state index in [-0.39, 0.29) is 13.2 Å². The summed E-state index contributed by atoms with van der Waals surface area (Å²) in [5.74, 6) is 0.486. The van der Waals surface area contributed by atoms with E-state index in [2.05, 4.69) is 10.3 Å². The second-order valence-corrected chi connectivity index (χ2v) is 4.11. The van der Waals surface area contributed by atoms with Crippen LogP contribution >= 0.6 is 0 Å². The first kappa shape index (κ1) is 13.8. The number of nitrogens with one attached hydrogen (secondary N) is 1. The number of aromatic nitrogens is 2. The molecule has 0 fully saturated rings. The molecule has 1 aromatic carbocycles. The first-order chi connectivity index (χ1) is 9.01. The van der Waals surface area contributed by atoms with Crippen molar-refractivity contribution >= 4 is 11.0 Å². The predicted octanol–water partition coefficient (Wildman–Crippen LogP) is 1.68. The van der Waals surface area contributed by atoms with Crippen LogP contribution in [0.15, 0.2) is 24.3 Å². The Labute approximate surface area is 107 Å². The molecule has 0 spiro atoms. The topological polar surface area (TPSA) is 50.1 Å². The fourth-order valence-electron chi connectivity index (χ4n) is 1.93. The molecule has 0 aliphatic heterocycles. The molecule has 19 heavy (non-hydrogen) atoms. The molecule has 1 heterocycles. The maximum Gasteiger partial charge on any atom is 0.401 e. The largest absolute Gasteiger partial charge is 0.401 e. The summed E-state index contributed by atoms with van der Waals surface area (Å²) in [4.78, 5) is 4.27. The van der Waals surface area contributed by atoms with Crippen molar-refractivity contribution in [2.45, 2.75) is 19.3 Å². The summed E-state index contributed by atoms with van der Waals surface area (Å²) in [7, 11) is 0. The average molecular weight is 273 g/mol. The van der Waals surface area contributed by atoms with E-state index in [1.165, 1.54) is 0 Å². The average Bonchev–Trinajstić information content (AvgIpc) is 2.67. The van der Waals surface area contributed by atoms with E-state index in [1.54, 1.807) is 10.6 Å². The summed E-state index contributed by atoms with van der Waals surface area (Å²) in [5.41, 5.74) is 1.51. The number of aliphatic hydroxyl groups excluding tert-OH is 1. The highest BCUT2D eigenvalue weighted by Crippen LogP contribution is 2.17. The van der Waals surface area contributed by atoms with Crippen LogP contribution in [0.2, 0.25) is 0 Å². The number of fused-ring (bicyclic) bond motifs is 1. The van der Waals surface area contributed by atoms with Gasteiger partial charge in [0.2, 0.25) is 0 Å². The first-order valence-corrected chi connectivity index (χ1v) is 5.84. The summed E-state index contributed by atoms with van der Waals surface area (Å²) in [6, 6.07) is 7.25. The van der Waals surface area contributed by atoms with Crippen molar-refractivity contribution in [3.8, 4) is 0 Å². The Kier molecular flexibility index (Phi) is 4.06. The predicted molar refractivity (Wildman–Crippen MR) is 64.6 cm³/mol. The lowest BCUT2D eigenvalue weighted by molar-refractivity contribution is -0.125. The molecule has 0 unspecified atom stereocenters. The Hall–Kier alpha value is -1.60. The molecule has 0 aliphatic carbocycles. The van der Waals surface area contributed by atoms with Crippen LogP contribution < -0.4 is 5.32 Å². The second kappa shape index (κ2) is 5.58. The molecule has 0 saturated heterocycles. The van der Waals surface area contributed by atoms with E-state index in [0.717, 1.165) is 5.52 Å². The number of alkyl halides is 3. The molecule has 2 N–H and O–H groups in total. The molecule has 0 aliphatic rings. The van der Waals surface area contributed by atoms with Crippen LogP contribution in [-0.2, 0) is 13.1 Å². The lowest BCUT2D eigenvalue weighted by Gasteiger charge is -2.10. The number of para-hydroxylation sites is 2. The number of halogens is 3. The van der Waals surface area contributed by atoms with Crippen LogP contribution in [0.1, 0.15) is 5.82 Å². The Morgan fingerprint density at radius 3 is 2.68 bits per heavy atom. The van der Waals surface area contributed by atoms with E-state index in [1.807, 2.05) is 18.2 Å². The van der Waals surface area contributed by atoms with Gasteiger partial charge < -0.3 is 15.0 Å². The van der Waals surface area contributed by atoms with Crippen molar-refractivity contribution < 1.29 is 18.3 Å². The summed E-state index contributed by atoms with van der Waals surface area (Å²) in [6.07, 6.45) is -4.24. The summed E-state index contributed by atoms with van der Waals surface area (Å²) < 4.78 is 38.0. The molecule has 2 aromatic rings. The molecular weight excluding hydrogens is 259 g/mol. The Morgan fingerprint density at radius 1 is 1.26 bits per heavy atom. The fraction of sp³-hybridized carbons (Fsp3) is 0.417. The van der Waals surface area contributed by atoms with Crippen LogP contribution in [0.25, 0.3) is 11.0 Å². The monoisotopic (exact) mass is 273 g/mol. The molecule has 2 rings (SSSR count). The molecule has 104 valence electrons. The number of hydrogen-bond acceptors (Lipinski definition) is 3. The number of hydrogen-bond donors (Lipinski definition) is 2. The standard InChI is InChI=1S/C12H14F3N3O/c13-12(14,15)8-16-7-11-17-9-3-1-2-4-10(9)18(11)5-6-19/h1-4,16,19H,5-8H2. The van der Waals surface area contributed by atoms with E-state index < -0.39 is 12.7 Å². The van der Waals surface area contributed by atoms with Crippen molar-refractivity contribution in [2.24, 2.45) is 0 Å². The zero-order chi connectivity index (χ0) is 13.9. The highest BCUT2D eigenvalue weighted by atomic mass is 19.4. The van der Waals surface area contributed by atoms with Crippen LogP contribution in [0.4, 0.5) is 13.2 Å². The number of imidazole rings is 1. The van der Waals surface area contributed by atoms with Crippen LogP contribution in [-0.4, -0.2) is 34.0 Å². The van der Waals surface area contributed by atoms with Gasteiger partial charge in [0, 0.05) is 6.54 Å². The molecule has 0 saturated carbocycles. The van der Waals surface area contributed by atoms with E-state index in [0.29, 0.717) is 17.9 Å². The number of nitrogens with zero attached hydrogens (tertiary/aromatic N) is 2. The zero-order valence-electron chi connectivity index (χ0n) is 10.1. The van der Waals surface area contributed by atoms with Gasteiger partial charge in [-0.15, -0.1) is 0 Å². The van der Waals surface area contributed by atoms with Crippen molar-refractivity contribution in [3.05, 3.63) is 30.1 Å². The third-order valence-electron chi connectivity index (χ3n) is 2.67. The van der Waals surface area contributed by atoms with Gasteiger partial charge >= 0.3 is 6.18 Å². The van der Waals surface area contributed by atoms with Gasteiger partial charge in [0.25, 0.3) is 0 Å². The molecule has 7 heteroatoms. The minimum atomic E-state index is -4.24. The Bertz CT molecular complexity index is 551. The number of rotatable bonds is 5. The summed E-state index contributed by atoms with van der Waals surface area (Å²) >= 11 is 0. The van der Waals surface area contributed by atoms with Gasteiger partial charge in [-0.3, -0.25) is 0 Å². The molecule has 1 aromatic heterocycles. The highest BCUT2D eigenvalue weighted by Gasteiger charge is 2.26. The number of aliphatic hydroxyl groups is 1. The second-order valence-electron chi connectivity index (χ2n) is 4.11. The molecular formula is C12H14F3N3O. The van der Waals surface area contributed by atoms with E-state index in [4.69, 9.17) is 5.11 Å². The lowest BCUT2D eigenvalue weighted by Crippen LogP contribution is -2.29. The molecule has 4 nitrogen and oxygen atoms in total. The Morgan fingerprint density at radius 2 is 2.00 bits per heavy atom. The minimum absolute atomic E-state index is 0.00812.